The highest BCUT2D eigenvalue weighted by Crippen LogP contribution is 2.34. The number of rotatable bonds is 11. The van der Waals surface area contributed by atoms with Gasteiger partial charge in [-0.1, -0.05) is 0 Å². The van der Waals surface area contributed by atoms with Crippen molar-refractivity contribution in [2.24, 2.45) is 0 Å². The van der Waals surface area contributed by atoms with Crippen LogP contribution in [0.4, 0.5) is 5.00 Å². The highest BCUT2D eigenvalue weighted by Gasteiger charge is 2.27. The second-order valence-corrected chi connectivity index (χ2v) is 7.64. The van der Waals surface area contributed by atoms with Crippen molar-refractivity contribution in [1.82, 2.24) is 0 Å². The van der Waals surface area contributed by atoms with E-state index in [0.717, 1.165) is 11.3 Å². The topological polar surface area (TPSA) is 126 Å². The lowest BCUT2D eigenvalue weighted by molar-refractivity contribution is -0.119. The Balaban J connectivity index is 2.14. The van der Waals surface area contributed by atoms with Crippen LogP contribution in [-0.2, 0) is 19.0 Å². The van der Waals surface area contributed by atoms with E-state index < -0.39 is 30.4 Å². The van der Waals surface area contributed by atoms with Gasteiger partial charge in [0, 0.05) is 0 Å². The molecule has 0 aliphatic carbocycles. The van der Waals surface area contributed by atoms with Crippen molar-refractivity contribution in [3.05, 3.63) is 39.8 Å². The fourth-order valence-corrected chi connectivity index (χ4v) is 3.99. The quantitative estimate of drug-likeness (QED) is 0.369. The van der Waals surface area contributed by atoms with Crippen LogP contribution < -0.4 is 14.8 Å². The summed E-state index contributed by atoms with van der Waals surface area (Å²) in [7, 11) is 1.44. The second kappa shape index (κ2) is 12.6. The van der Waals surface area contributed by atoms with Crippen LogP contribution in [0.3, 0.4) is 0 Å². The fraction of sp³-hybridized carbons (Fsp3) is 0.391. The molecule has 1 aromatic carbocycles. The minimum Gasteiger partial charge on any atom is -0.493 e. The van der Waals surface area contributed by atoms with E-state index in [1.165, 1.54) is 19.2 Å². The van der Waals surface area contributed by atoms with Crippen molar-refractivity contribution in [2.75, 3.05) is 38.9 Å². The lowest BCUT2D eigenvalue weighted by Crippen LogP contribution is -2.21. The van der Waals surface area contributed by atoms with E-state index in [0.29, 0.717) is 23.7 Å². The third-order valence-electron chi connectivity index (χ3n) is 4.37. The van der Waals surface area contributed by atoms with Gasteiger partial charge in [0.15, 0.2) is 18.1 Å². The van der Waals surface area contributed by atoms with Crippen LogP contribution in [0, 0.1) is 6.92 Å². The molecule has 1 heterocycles. The summed E-state index contributed by atoms with van der Waals surface area (Å²) >= 11 is 0.880. The lowest BCUT2D eigenvalue weighted by Gasteiger charge is -2.11. The van der Waals surface area contributed by atoms with Gasteiger partial charge in [0.1, 0.15) is 9.88 Å². The van der Waals surface area contributed by atoms with Crippen LogP contribution in [0.25, 0.3) is 0 Å². The average Bonchev–Trinajstić information content (AvgIpc) is 3.13. The number of benzene rings is 1. The molecule has 11 heteroatoms. The highest BCUT2D eigenvalue weighted by molar-refractivity contribution is 7.18. The summed E-state index contributed by atoms with van der Waals surface area (Å²) in [4.78, 5) is 49.7. The molecule has 0 aliphatic heterocycles. The summed E-state index contributed by atoms with van der Waals surface area (Å²) < 4.78 is 25.8. The molecule has 184 valence electrons. The molecule has 1 N–H and O–H groups in total. The number of anilines is 1. The van der Waals surface area contributed by atoms with Gasteiger partial charge in [-0.3, -0.25) is 4.79 Å². The van der Waals surface area contributed by atoms with Gasteiger partial charge in [0.05, 0.1) is 38.1 Å². The van der Waals surface area contributed by atoms with Crippen molar-refractivity contribution in [3.8, 4) is 11.5 Å². The van der Waals surface area contributed by atoms with Crippen molar-refractivity contribution in [1.29, 1.82) is 0 Å². The van der Waals surface area contributed by atoms with Gasteiger partial charge in [-0.2, -0.15) is 0 Å². The molecule has 0 spiro atoms. The van der Waals surface area contributed by atoms with Crippen LogP contribution in [0.1, 0.15) is 56.7 Å². The number of hydrogen-bond acceptors (Lipinski definition) is 10. The molecular weight excluding hydrogens is 466 g/mol. The zero-order valence-electron chi connectivity index (χ0n) is 19.6. The number of carbonyl (C=O) groups is 4. The van der Waals surface area contributed by atoms with Gasteiger partial charge in [0.25, 0.3) is 5.91 Å². The normalized spacial score (nSPS) is 10.3. The van der Waals surface area contributed by atoms with E-state index in [1.54, 1.807) is 26.8 Å². The SMILES string of the molecule is CCOC(=O)c1sc(NC(=O)COC(=O)c2ccc(OCC)c(OC)c2)c(C(=O)OCC)c1C. The maximum Gasteiger partial charge on any atom is 0.348 e. The number of nitrogens with one attached hydrogen (secondary N) is 1. The number of ether oxygens (including phenoxy) is 5. The first-order valence-electron chi connectivity index (χ1n) is 10.5. The average molecular weight is 494 g/mol. The molecule has 0 fully saturated rings. The smallest absolute Gasteiger partial charge is 0.348 e. The van der Waals surface area contributed by atoms with Gasteiger partial charge >= 0.3 is 17.9 Å². The summed E-state index contributed by atoms with van der Waals surface area (Å²) in [5.41, 5.74) is 0.540. The van der Waals surface area contributed by atoms with Crippen molar-refractivity contribution < 1.29 is 42.9 Å². The molecule has 1 amide bonds. The van der Waals surface area contributed by atoms with E-state index in [2.05, 4.69) is 5.32 Å². The molecule has 0 saturated heterocycles. The predicted octanol–water partition coefficient (Wildman–Crippen LogP) is 3.61. The standard InChI is InChI=1S/C23H27NO9S/c1-6-30-15-10-9-14(11-16(15)29-5)21(26)33-12-17(25)24-20-18(22(27)31-7-2)13(4)19(34-20)23(28)32-8-3/h9-11H,6-8,12H2,1-5H3,(H,24,25). The predicted molar refractivity (Wildman–Crippen MR) is 124 cm³/mol. The van der Waals surface area contributed by atoms with Gasteiger partial charge in [-0.15, -0.1) is 11.3 Å². The number of esters is 3. The molecule has 0 aliphatic rings. The number of thiophene rings is 1. The molecule has 0 bridgehead atoms. The third-order valence-corrected chi connectivity index (χ3v) is 5.56. The Kier molecular flexibility index (Phi) is 9.87. The van der Waals surface area contributed by atoms with Crippen LogP contribution in [0.15, 0.2) is 18.2 Å². The molecule has 2 rings (SSSR count). The molecular formula is C23H27NO9S. The number of methoxy groups -OCH3 is 1. The number of hydrogen-bond donors (Lipinski definition) is 1. The Morgan fingerprint density at radius 3 is 2.18 bits per heavy atom. The molecule has 0 unspecified atom stereocenters. The van der Waals surface area contributed by atoms with Crippen LogP contribution in [-0.4, -0.2) is 57.4 Å². The van der Waals surface area contributed by atoms with Gasteiger partial charge < -0.3 is 29.0 Å². The zero-order chi connectivity index (χ0) is 25.3. The molecule has 1 aromatic heterocycles. The summed E-state index contributed by atoms with van der Waals surface area (Å²) in [6, 6.07) is 4.50. The lowest BCUT2D eigenvalue weighted by atomic mass is 10.1. The van der Waals surface area contributed by atoms with Crippen LogP contribution in [0.2, 0.25) is 0 Å². The molecule has 10 nitrogen and oxygen atoms in total. The van der Waals surface area contributed by atoms with Gasteiger partial charge in [-0.25, -0.2) is 14.4 Å². The Bertz CT molecular complexity index is 1060. The Morgan fingerprint density at radius 2 is 1.56 bits per heavy atom. The first kappa shape index (κ1) is 26.7. The highest BCUT2D eigenvalue weighted by atomic mass is 32.1. The van der Waals surface area contributed by atoms with E-state index in [9.17, 15) is 19.2 Å². The Hall–Kier alpha value is -3.60. The summed E-state index contributed by atoms with van der Waals surface area (Å²) in [6.45, 7) is 6.74. The van der Waals surface area contributed by atoms with Crippen LogP contribution in [0.5, 0.6) is 11.5 Å². The van der Waals surface area contributed by atoms with Crippen molar-refractivity contribution >= 4 is 40.2 Å². The summed E-state index contributed by atoms with van der Waals surface area (Å²) in [6.07, 6.45) is 0. The van der Waals surface area contributed by atoms with Gasteiger partial charge in [-0.05, 0) is 51.5 Å². The fourth-order valence-electron chi connectivity index (χ4n) is 2.89. The first-order valence-corrected chi connectivity index (χ1v) is 11.3. The van der Waals surface area contributed by atoms with E-state index in [-0.39, 0.29) is 34.2 Å². The minimum absolute atomic E-state index is 0.0471. The largest absolute Gasteiger partial charge is 0.493 e. The van der Waals surface area contributed by atoms with Gasteiger partial charge in [0.2, 0.25) is 0 Å². The molecule has 2 aromatic rings. The van der Waals surface area contributed by atoms with Crippen molar-refractivity contribution in [3.63, 3.8) is 0 Å². The van der Waals surface area contributed by atoms with Crippen LogP contribution >= 0.6 is 11.3 Å². The molecule has 0 radical (unpaired) electrons. The number of carbonyl (C=O) groups excluding carboxylic acids is 4. The van der Waals surface area contributed by atoms with E-state index >= 15 is 0 Å². The van der Waals surface area contributed by atoms with E-state index in [4.69, 9.17) is 23.7 Å². The summed E-state index contributed by atoms with van der Waals surface area (Å²) in [5.74, 6) is -1.95. The number of amides is 1. The second-order valence-electron chi connectivity index (χ2n) is 6.62. The monoisotopic (exact) mass is 493 g/mol. The molecule has 0 saturated carbocycles. The molecule has 34 heavy (non-hydrogen) atoms. The maximum absolute atomic E-state index is 12.5. The molecule has 0 atom stereocenters. The summed E-state index contributed by atoms with van der Waals surface area (Å²) in [5, 5.41) is 2.61. The Labute approximate surface area is 201 Å². The Morgan fingerprint density at radius 1 is 0.882 bits per heavy atom. The van der Waals surface area contributed by atoms with E-state index in [1.807, 2.05) is 6.92 Å². The van der Waals surface area contributed by atoms with Crippen molar-refractivity contribution in [2.45, 2.75) is 27.7 Å². The zero-order valence-corrected chi connectivity index (χ0v) is 20.5. The maximum atomic E-state index is 12.5. The third kappa shape index (κ3) is 6.47. The minimum atomic E-state index is -0.753. The first-order chi connectivity index (χ1) is 16.3.